The van der Waals surface area contributed by atoms with Gasteiger partial charge in [0.15, 0.2) is 0 Å². The summed E-state index contributed by atoms with van der Waals surface area (Å²) in [5.74, 6) is -0.453. The van der Waals surface area contributed by atoms with E-state index in [1.54, 1.807) is 18.2 Å². The van der Waals surface area contributed by atoms with Crippen molar-refractivity contribution in [3.05, 3.63) is 42.5 Å². The van der Waals surface area contributed by atoms with Gasteiger partial charge >= 0.3 is 0 Å². The zero-order chi connectivity index (χ0) is 15.7. The summed E-state index contributed by atoms with van der Waals surface area (Å²) in [6.45, 7) is 3.37. The van der Waals surface area contributed by atoms with Gasteiger partial charge in [-0.25, -0.2) is 17.5 Å². The zero-order valence-electron chi connectivity index (χ0n) is 12.5. The fraction of sp³-hybridized carbons (Fsp3) is 0.357. The van der Waals surface area contributed by atoms with Crippen molar-refractivity contribution in [2.75, 3.05) is 19.6 Å². The van der Waals surface area contributed by atoms with E-state index in [1.807, 2.05) is 6.92 Å². The number of sulfonamides is 1. The predicted octanol–water partition coefficient (Wildman–Crippen LogP) is 1.42. The molecule has 23 heavy (non-hydrogen) atoms. The van der Waals surface area contributed by atoms with E-state index in [2.05, 4.69) is 10.4 Å². The molecule has 1 aromatic carbocycles. The topological polar surface area (TPSA) is 67.2 Å². The average molecular weight is 361 g/mol. The highest BCUT2D eigenvalue weighted by Crippen LogP contribution is 2.19. The number of hydrogen-bond acceptors (Lipinski definition) is 4. The average Bonchev–Trinajstić information content (AvgIpc) is 2.98. The lowest BCUT2D eigenvalue weighted by Gasteiger charge is -2.30. The molecule has 2 heterocycles. The lowest BCUT2D eigenvalue weighted by atomic mass is 10.3. The lowest BCUT2D eigenvalue weighted by molar-refractivity contribution is 0.310. The first kappa shape index (κ1) is 17.9. The molecule has 1 N–H and O–H groups in total. The van der Waals surface area contributed by atoms with E-state index >= 15 is 0 Å². The Bertz CT molecular complexity index is 781. The van der Waals surface area contributed by atoms with Crippen LogP contribution < -0.4 is 5.32 Å². The predicted molar refractivity (Wildman–Crippen MR) is 87.0 cm³/mol. The molecule has 0 saturated carbocycles. The maximum Gasteiger partial charge on any atom is 0.246 e. The number of nitrogens with one attached hydrogen (secondary N) is 1. The van der Waals surface area contributed by atoms with Gasteiger partial charge in [0.25, 0.3) is 0 Å². The van der Waals surface area contributed by atoms with Gasteiger partial charge in [0.05, 0.1) is 12.4 Å². The number of nitrogens with zero attached hydrogens (tertiary/aromatic N) is 3. The van der Waals surface area contributed by atoms with E-state index in [0.717, 1.165) is 0 Å². The fourth-order valence-electron chi connectivity index (χ4n) is 2.47. The standard InChI is InChI=1S/C14H17FN4O2S.ClH/c1-11-9-18(7-6-16-11)22(20,21)12-8-17-19(10-12)14-5-3-2-4-13(14)15;/h2-5,8,10-11,16H,6-7,9H2,1H3;1H. The van der Waals surface area contributed by atoms with E-state index in [4.69, 9.17) is 0 Å². The van der Waals surface area contributed by atoms with Crippen LogP contribution in [0.15, 0.2) is 41.6 Å². The molecule has 126 valence electrons. The Morgan fingerprint density at radius 1 is 1.35 bits per heavy atom. The SMILES string of the molecule is CC1CN(S(=O)(=O)c2cnn(-c3ccccc3F)c2)CCN1.Cl. The van der Waals surface area contributed by atoms with E-state index < -0.39 is 15.8 Å². The third-order valence-corrected chi connectivity index (χ3v) is 5.45. The number of halogens is 2. The summed E-state index contributed by atoms with van der Waals surface area (Å²) in [6, 6.07) is 6.20. The van der Waals surface area contributed by atoms with Crippen LogP contribution in [0.2, 0.25) is 0 Å². The van der Waals surface area contributed by atoms with Gasteiger partial charge < -0.3 is 5.32 Å². The first-order valence-electron chi connectivity index (χ1n) is 7.01. The van der Waals surface area contributed by atoms with Crippen molar-refractivity contribution in [3.8, 4) is 5.69 Å². The monoisotopic (exact) mass is 360 g/mol. The first-order valence-corrected chi connectivity index (χ1v) is 8.45. The number of para-hydroxylation sites is 1. The molecule has 0 amide bonds. The van der Waals surface area contributed by atoms with Crippen LogP contribution in [0.25, 0.3) is 5.69 Å². The minimum Gasteiger partial charge on any atom is -0.312 e. The minimum atomic E-state index is -3.61. The summed E-state index contributed by atoms with van der Waals surface area (Å²) in [7, 11) is -3.61. The third kappa shape index (κ3) is 3.55. The van der Waals surface area contributed by atoms with Crippen molar-refractivity contribution >= 4 is 22.4 Å². The Hall–Kier alpha value is -1.48. The van der Waals surface area contributed by atoms with Crippen LogP contribution in [0.5, 0.6) is 0 Å². The normalized spacial score (nSPS) is 19.3. The molecule has 1 saturated heterocycles. The van der Waals surface area contributed by atoms with Crippen LogP contribution in [0.4, 0.5) is 4.39 Å². The Labute approximate surface area is 140 Å². The van der Waals surface area contributed by atoms with Crippen molar-refractivity contribution in [2.24, 2.45) is 0 Å². The van der Waals surface area contributed by atoms with Crippen LogP contribution in [-0.4, -0.2) is 48.2 Å². The smallest absolute Gasteiger partial charge is 0.246 e. The molecule has 1 atom stereocenters. The van der Waals surface area contributed by atoms with Crippen LogP contribution >= 0.6 is 12.4 Å². The summed E-state index contributed by atoms with van der Waals surface area (Å²) < 4.78 is 41.7. The largest absolute Gasteiger partial charge is 0.312 e. The molecule has 0 bridgehead atoms. The van der Waals surface area contributed by atoms with E-state index in [1.165, 1.54) is 27.4 Å². The molecule has 3 rings (SSSR count). The van der Waals surface area contributed by atoms with Gasteiger partial charge in [-0.2, -0.15) is 9.40 Å². The first-order chi connectivity index (χ1) is 10.5. The molecule has 0 spiro atoms. The van der Waals surface area contributed by atoms with Gasteiger partial charge in [-0.3, -0.25) is 0 Å². The second-order valence-electron chi connectivity index (χ2n) is 5.29. The van der Waals surface area contributed by atoms with Crippen LogP contribution in [0.3, 0.4) is 0 Å². The Morgan fingerprint density at radius 2 is 2.09 bits per heavy atom. The Kier molecular flexibility index (Phi) is 5.41. The highest BCUT2D eigenvalue weighted by molar-refractivity contribution is 7.89. The molecule has 2 aromatic rings. The van der Waals surface area contributed by atoms with Gasteiger partial charge in [0, 0.05) is 25.7 Å². The van der Waals surface area contributed by atoms with Crippen molar-refractivity contribution in [1.29, 1.82) is 0 Å². The third-order valence-electron chi connectivity index (χ3n) is 3.63. The fourth-order valence-corrected chi connectivity index (χ4v) is 3.94. The number of aromatic nitrogens is 2. The van der Waals surface area contributed by atoms with Crippen molar-refractivity contribution < 1.29 is 12.8 Å². The van der Waals surface area contributed by atoms with Gasteiger partial charge in [0.1, 0.15) is 16.4 Å². The molecule has 6 nitrogen and oxygen atoms in total. The summed E-state index contributed by atoms with van der Waals surface area (Å²) in [4.78, 5) is 0.0739. The van der Waals surface area contributed by atoms with E-state index in [9.17, 15) is 12.8 Å². The zero-order valence-corrected chi connectivity index (χ0v) is 14.1. The van der Waals surface area contributed by atoms with Crippen LogP contribution in [0.1, 0.15) is 6.92 Å². The van der Waals surface area contributed by atoms with Gasteiger partial charge in [-0.1, -0.05) is 12.1 Å². The minimum absolute atomic E-state index is 0. The van der Waals surface area contributed by atoms with Gasteiger partial charge in [-0.15, -0.1) is 12.4 Å². The molecular weight excluding hydrogens is 343 g/mol. The molecule has 1 unspecified atom stereocenters. The molecule has 1 fully saturated rings. The van der Waals surface area contributed by atoms with Crippen molar-refractivity contribution in [1.82, 2.24) is 19.4 Å². The maximum absolute atomic E-state index is 13.8. The number of hydrogen-bond donors (Lipinski definition) is 1. The summed E-state index contributed by atoms with van der Waals surface area (Å²) in [5, 5.41) is 7.18. The van der Waals surface area contributed by atoms with Crippen LogP contribution in [-0.2, 0) is 10.0 Å². The van der Waals surface area contributed by atoms with Gasteiger partial charge in [0.2, 0.25) is 10.0 Å². The number of rotatable bonds is 3. The Balaban J connectivity index is 0.00000192. The van der Waals surface area contributed by atoms with Crippen LogP contribution in [0, 0.1) is 5.82 Å². The molecule has 0 radical (unpaired) electrons. The molecule has 1 aliphatic rings. The summed E-state index contributed by atoms with van der Waals surface area (Å²) >= 11 is 0. The molecular formula is C14H18ClFN4O2S. The number of piperazine rings is 1. The summed E-state index contributed by atoms with van der Waals surface area (Å²) in [5.41, 5.74) is 0.220. The summed E-state index contributed by atoms with van der Waals surface area (Å²) in [6.07, 6.45) is 2.61. The maximum atomic E-state index is 13.8. The second kappa shape index (κ2) is 6.96. The van der Waals surface area contributed by atoms with E-state index in [0.29, 0.717) is 19.6 Å². The molecule has 1 aromatic heterocycles. The lowest BCUT2D eigenvalue weighted by Crippen LogP contribution is -2.51. The van der Waals surface area contributed by atoms with Crippen molar-refractivity contribution in [2.45, 2.75) is 17.9 Å². The van der Waals surface area contributed by atoms with E-state index in [-0.39, 0.29) is 29.0 Å². The van der Waals surface area contributed by atoms with Crippen molar-refractivity contribution in [3.63, 3.8) is 0 Å². The highest BCUT2D eigenvalue weighted by Gasteiger charge is 2.29. The second-order valence-corrected chi connectivity index (χ2v) is 7.23. The molecule has 9 heteroatoms. The highest BCUT2D eigenvalue weighted by atomic mass is 35.5. The van der Waals surface area contributed by atoms with Gasteiger partial charge in [-0.05, 0) is 19.1 Å². The Morgan fingerprint density at radius 3 is 2.78 bits per heavy atom. The quantitative estimate of drug-likeness (QED) is 0.898. The molecule has 0 aliphatic carbocycles. The molecule has 1 aliphatic heterocycles. The number of benzene rings is 1.